The van der Waals surface area contributed by atoms with Crippen molar-refractivity contribution in [2.45, 2.75) is 19.8 Å². The molecule has 1 heterocycles. The van der Waals surface area contributed by atoms with Crippen LogP contribution in [-0.2, 0) is 6.42 Å². The quantitative estimate of drug-likeness (QED) is 0.919. The summed E-state index contributed by atoms with van der Waals surface area (Å²) in [6, 6.07) is 6.65. The third kappa shape index (κ3) is 4.09. The summed E-state index contributed by atoms with van der Waals surface area (Å²) in [5, 5.41) is 3.39. The highest BCUT2D eigenvalue weighted by Crippen LogP contribution is 2.19. The molecule has 0 amide bonds. The van der Waals surface area contributed by atoms with Crippen molar-refractivity contribution >= 4 is 15.9 Å². The van der Waals surface area contributed by atoms with Crippen molar-refractivity contribution in [1.82, 2.24) is 10.2 Å². The van der Waals surface area contributed by atoms with Gasteiger partial charge in [0.1, 0.15) is 0 Å². The summed E-state index contributed by atoms with van der Waals surface area (Å²) in [6.45, 7) is 8.06. The number of rotatable bonds is 4. The van der Waals surface area contributed by atoms with Crippen LogP contribution >= 0.6 is 15.9 Å². The van der Waals surface area contributed by atoms with Gasteiger partial charge in [-0.05, 0) is 43.5 Å². The van der Waals surface area contributed by atoms with Crippen molar-refractivity contribution in [2.75, 3.05) is 32.7 Å². The third-order valence-corrected chi connectivity index (χ3v) is 4.08. The molecule has 1 aliphatic heterocycles. The second-order valence-electron chi connectivity index (χ2n) is 4.79. The fourth-order valence-corrected chi connectivity index (χ4v) is 2.97. The van der Waals surface area contributed by atoms with Crippen LogP contribution in [0.5, 0.6) is 0 Å². The summed E-state index contributed by atoms with van der Waals surface area (Å²) in [6.07, 6.45) is 2.42. The van der Waals surface area contributed by atoms with E-state index < -0.39 is 0 Å². The molecule has 0 saturated carbocycles. The minimum absolute atomic E-state index is 1.15. The van der Waals surface area contributed by atoms with Gasteiger partial charge in [-0.25, -0.2) is 0 Å². The van der Waals surface area contributed by atoms with Crippen LogP contribution in [0.2, 0.25) is 0 Å². The molecule has 0 aliphatic carbocycles. The molecular formula is C14H21BrN2. The first kappa shape index (κ1) is 13.1. The Morgan fingerprint density at radius 1 is 1.29 bits per heavy atom. The molecule has 0 atom stereocenters. The molecule has 0 radical (unpaired) electrons. The maximum atomic E-state index is 3.65. The fourth-order valence-electron chi connectivity index (χ4n) is 2.28. The van der Waals surface area contributed by atoms with Gasteiger partial charge < -0.3 is 10.2 Å². The van der Waals surface area contributed by atoms with E-state index in [1.165, 1.54) is 48.1 Å². The molecule has 1 N–H and O–H groups in total. The Hall–Kier alpha value is -0.380. The van der Waals surface area contributed by atoms with E-state index in [2.05, 4.69) is 51.3 Å². The minimum atomic E-state index is 1.15. The molecule has 1 saturated heterocycles. The predicted molar refractivity (Wildman–Crippen MR) is 76.5 cm³/mol. The van der Waals surface area contributed by atoms with E-state index in [4.69, 9.17) is 0 Å². The van der Waals surface area contributed by atoms with Crippen molar-refractivity contribution in [1.29, 1.82) is 0 Å². The van der Waals surface area contributed by atoms with Gasteiger partial charge in [-0.1, -0.05) is 28.1 Å². The number of hydrogen-bond donors (Lipinski definition) is 1. The Kier molecular flexibility index (Phi) is 5.01. The van der Waals surface area contributed by atoms with Crippen molar-refractivity contribution < 1.29 is 0 Å². The number of nitrogens with one attached hydrogen (secondary N) is 1. The molecule has 17 heavy (non-hydrogen) atoms. The maximum absolute atomic E-state index is 3.65. The highest BCUT2D eigenvalue weighted by molar-refractivity contribution is 9.10. The topological polar surface area (TPSA) is 15.3 Å². The fraction of sp³-hybridized carbons (Fsp3) is 0.571. The number of hydrogen-bond acceptors (Lipinski definition) is 2. The Balaban J connectivity index is 1.77. The van der Waals surface area contributed by atoms with Crippen molar-refractivity contribution in [3.05, 3.63) is 33.8 Å². The van der Waals surface area contributed by atoms with Crippen LogP contribution in [0.3, 0.4) is 0 Å². The molecule has 0 bridgehead atoms. The monoisotopic (exact) mass is 296 g/mol. The average Bonchev–Trinajstić information content (AvgIpc) is 2.33. The third-order valence-electron chi connectivity index (χ3n) is 3.34. The van der Waals surface area contributed by atoms with Gasteiger partial charge in [-0.2, -0.15) is 0 Å². The van der Waals surface area contributed by atoms with Crippen LogP contribution in [-0.4, -0.2) is 37.6 Å². The normalized spacial score (nSPS) is 17.3. The summed E-state index contributed by atoms with van der Waals surface area (Å²) in [4.78, 5) is 2.55. The van der Waals surface area contributed by atoms with Gasteiger partial charge in [-0.15, -0.1) is 0 Å². The molecule has 2 nitrogen and oxygen atoms in total. The molecule has 2 rings (SSSR count). The van der Waals surface area contributed by atoms with E-state index in [1.54, 1.807) is 0 Å². The summed E-state index contributed by atoms with van der Waals surface area (Å²) in [7, 11) is 0. The standard InChI is InChI=1S/C14H21BrN2/c1-12-4-5-13(14(15)11-12)3-2-8-17-9-6-16-7-10-17/h4-5,11,16H,2-3,6-10H2,1H3. The lowest BCUT2D eigenvalue weighted by Gasteiger charge is -2.27. The van der Waals surface area contributed by atoms with Crippen molar-refractivity contribution in [3.63, 3.8) is 0 Å². The Morgan fingerprint density at radius 2 is 2.06 bits per heavy atom. The summed E-state index contributed by atoms with van der Waals surface area (Å²) in [5.41, 5.74) is 2.76. The molecular weight excluding hydrogens is 276 g/mol. The SMILES string of the molecule is Cc1ccc(CCCN2CCNCC2)c(Br)c1. The van der Waals surface area contributed by atoms with Crippen LogP contribution in [0.15, 0.2) is 22.7 Å². The Labute approximate surface area is 113 Å². The van der Waals surface area contributed by atoms with Crippen LogP contribution in [0.1, 0.15) is 17.5 Å². The Bertz CT molecular complexity index is 359. The van der Waals surface area contributed by atoms with E-state index in [9.17, 15) is 0 Å². The maximum Gasteiger partial charge on any atom is 0.0209 e. The lowest BCUT2D eigenvalue weighted by atomic mass is 10.1. The molecule has 1 aromatic rings. The molecule has 3 heteroatoms. The van der Waals surface area contributed by atoms with Gasteiger partial charge in [-0.3, -0.25) is 0 Å². The predicted octanol–water partition coefficient (Wildman–Crippen LogP) is 2.60. The first-order valence-electron chi connectivity index (χ1n) is 6.44. The summed E-state index contributed by atoms with van der Waals surface area (Å²) in [5.74, 6) is 0. The van der Waals surface area contributed by atoms with E-state index in [0.717, 1.165) is 13.1 Å². The van der Waals surface area contributed by atoms with E-state index in [1.807, 2.05) is 0 Å². The highest BCUT2D eigenvalue weighted by Gasteiger charge is 2.09. The second-order valence-corrected chi connectivity index (χ2v) is 5.64. The Morgan fingerprint density at radius 3 is 2.76 bits per heavy atom. The molecule has 94 valence electrons. The van der Waals surface area contributed by atoms with Gasteiger partial charge >= 0.3 is 0 Å². The van der Waals surface area contributed by atoms with Gasteiger partial charge in [0.25, 0.3) is 0 Å². The number of halogens is 1. The summed E-state index contributed by atoms with van der Waals surface area (Å²) >= 11 is 3.65. The van der Waals surface area contributed by atoms with Crippen LogP contribution in [0.4, 0.5) is 0 Å². The van der Waals surface area contributed by atoms with E-state index in [0.29, 0.717) is 0 Å². The molecule has 0 spiro atoms. The van der Waals surface area contributed by atoms with Gasteiger partial charge in [0.05, 0.1) is 0 Å². The zero-order valence-corrected chi connectivity index (χ0v) is 12.1. The van der Waals surface area contributed by atoms with Crippen molar-refractivity contribution in [3.8, 4) is 0 Å². The lowest BCUT2D eigenvalue weighted by molar-refractivity contribution is 0.238. The van der Waals surface area contributed by atoms with E-state index >= 15 is 0 Å². The number of piperazine rings is 1. The van der Waals surface area contributed by atoms with Crippen LogP contribution in [0.25, 0.3) is 0 Å². The van der Waals surface area contributed by atoms with E-state index in [-0.39, 0.29) is 0 Å². The zero-order chi connectivity index (χ0) is 12.1. The molecule has 0 unspecified atom stereocenters. The molecule has 1 aliphatic rings. The first-order valence-corrected chi connectivity index (χ1v) is 7.23. The lowest BCUT2D eigenvalue weighted by Crippen LogP contribution is -2.43. The van der Waals surface area contributed by atoms with Gasteiger partial charge in [0, 0.05) is 30.7 Å². The minimum Gasteiger partial charge on any atom is -0.314 e. The first-order chi connectivity index (χ1) is 8.25. The number of aryl methyl sites for hydroxylation is 2. The van der Waals surface area contributed by atoms with Gasteiger partial charge in [0.2, 0.25) is 0 Å². The molecule has 0 aromatic heterocycles. The number of nitrogens with zero attached hydrogens (tertiary/aromatic N) is 1. The zero-order valence-electron chi connectivity index (χ0n) is 10.5. The molecule has 1 fully saturated rings. The smallest absolute Gasteiger partial charge is 0.0209 e. The average molecular weight is 297 g/mol. The van der Waals surface area contributed by atoms with Gasteiger partial charge in [0.15, 0.2) is 0 Å². The number of benzene rings is 1. The van der Waals surface area contributed by atoms with Crippen molar-refractivity contribution in [2.24, 2.45) is 0 Å². The van der Waals surface area contributed by atoms with Crippen LogP contribution in [0, 0.1) is 6.92 Å². The largest absolute Gasteiger partial charge is 0.314 e. The summed E-state index contributed by atoms with van der Waals surface area (Å²) < 4.78 is 1.26. The highest BCUT2D eigenvalue weighted by atomic mass is 79.9. The van der Waals surface area contributed by atoms with Crippen LogP contribution < -0.4 is 5.32 Å². The second kappa shape index (κ2) is 6.53. The molecule has 1 aromatic carbocycles.